The average Bonchev–Trinajstić information content (AvgIpc) is 2.50. The molecule has 0 amide bonds. The van der Waals surface area contributed by atoms with Crippen LogP contribution in [0.2, 0.25) is 0 Å². The van der Waals surface area contributed by atoms with Crippen molar-refractivity contribution in [3.05, 3.63) is 12.2 Å². The summed E-state index contributed by atoms with van der Waals surface area (Å²) in [7, 11) is 0. The fraction of sp³-hybridized carbons (Fsp3) is 0.818. The van der Waals surface area contributed by atoms with E-state index in [1.807, 2.05) is 11.6 Å². The highest BCUT2D eigenvalue weighted by atomic mass is 15.3. The third-order valence-corrected chi connectivity index (χ3v) is 2.44. The van der Waals surface area contributed by atoms with Crippen molar-refractivity contribution in [2.75, 3.05) is 0 Å². The predicted octanol–water partition coefficient (Wildman–Crippen LogP) is 1.77. The van der Waals surface area contributed by atoms with Crippen LogP contribution in [-0.2, 0) is 6.42 Å². The van der Waals surface area contributed by atoms with Crippen molar-refractivity contribution in [1.82, 2.24) is 14.8 Å². The van der Waals surface area contributed by atoms with Crippen molar-refractivity contribution in [2.24, 2.45) is 11.7 Å². The molecule has 0 saturated heterocycles. The number of rotatable bonds is 5. The molecule has 4 heteroatoms. The normalized spacial score (nSPS) is 15.6. The van der Waals surface area contributed by atoms with Crippen molar-refractivity contribution < 1.29 is 0 Å². The van der Waals surface area contributed by atoms with E-state index in [-0.39, 0.29) is 6.04 Å². The second kappa shape index (κ2) is 5.26. The Morgan fingerprint density at radius 1 is 1.33 bits per heavy atom. The molecule has 0 saturated carbocycles. The smallest absolute Gasteiger partial charge is 0.138 e. The van der Waals surface area contributed by atoms with Gasteiger partial charge in [0.2, 0.25) is 0 Å². The number of hydrogen-bond donors (Lipinski definition) is 1. The van der Waals surface area contributed by atoms with Crippen LogP contribution >= 0.6 is 0 Å². The first-order valence-electron chi connectivity index (χ1n) is 5.64. The molecular weight excluding hydrogens is 188 g/mol. The van der Waals surface area contributed by atoms with Gasteiger partial charge < -0.3 is 5.73 Å². The Labute approximate surface area is 91.9 Å². The van der Waals surface area contributed by atoms with Gasteiger partial charge in [-0.3, -0.25) is 0 Å². The van der Waals surface area contributed by atoms with Gasteiger partial charge >= 0.3 is 0 Å². The third kappa shape index (κ3) is 3.63. The molecule has 15 heavy (non-hydrogen) atoms. The second-order valence-electron chi connectivity index (χ2n) is 4.74. The Bertz CT molecular complexity index is 291. The molecule has 0 fully saturated rings. The summed E-state index contributed by atoms with van der Waals surface area (Å²) in [6, 6.07) is 0.639. The lowest BCUT2D eigenvalue weighted by atomic mass is 9.99. The lowest BCUT2D eigenvalue weighted by Gasteiger charge is -2.15. The van der Waals surface area contributed by atoms with E-state index >= 15 is 0 Å². The van der Waals surface area contributed by atoms with Crippen molar-refractivity contribution in [3.63, 3.8) is 0 Å². The summed E-state index contributed by atoms with van der Waals surface area (Å²) in [5.74, 6) is 1.63. The lowest BCUT2D eigenvalue weighted by Crippen LogP contribution is -2.20. The van der Waals surface area contributed by atoms with E-state index in [9.17, 15) is 0 Å². The van der Waals surface area contributed by atoms with Crippen molar-refractivity contribution in [1.29, 1.82) is 0 Å². The quantitative estimate of drug-likeness (QED) is 0.806. The number of nitrogens with two attached hydrogens (primary N) is 1. The zero-order valence-corrected chi connectivity index (χ0v) is 10.1. The maximum Gasteiger partial charge on any atom is 0.138 e. The molecule has 0 radical (unpaired) electrons. The number of nitrogens with zero attached hydrogens (tertiary/aromatic N) is 3. The maximum atomic E-state index is 5.78. The molecule has 86 valence electrons. The second-order valence-corrected chi connectivity index (χ2v) is 4.74. The third-order valence-electron chi connectivity index (χ3n) is 2.44. The molecule has 2 unspecified atom stereocenters. The van der Waals surface area contributed by atoms with E-state index in [2.05, 4.69) is 30.9 Å². The summed E-state index contributed by atoms with van der Waals surface area (Å²) in [5.41, 5.74) is 5.78. The first kappa shape index (κ1) is 12.2. The summed E-state index contributed by atoms with van der Waals surface area (Å²) in [4.78, 5) is 4.30. The van der Waals surface area contributed by atoms with Gasteiger partial charge in [-0.1, -0.05) is 6.92 Å². The fourth-order valence-electron chi connectivity index (χ4n) is 1.88. The van der Waals surface area contributed by atoms with Gasteiger partial charge in [0.15, 0.2) is 0 Å². The predicted molar refractivity (Wildman–Crippen MR) is 61.5 cm³/mol. The van der Waals surface area contributed by atoms with Crippen molar-refractivity contribution in [2.45, 2.75) is 52.6 Å². The van der Waals surface area contributed by atoms with Crippen LogP contribution in [0.25, 0.3) is 0 Å². The Kier molecular flexibility index (Phi) is 4.27. The van der Waals surface area contributed by atoms with E-state index in [1.165, 1.54) is 0 Å². The van der Waals surface area contributed by atoms with Crippen molar-refractivity contribution in [3.8, 4) is 0 Å². The summed E-state index contributed by atoms with van der Waals surface area (Å²) < 4.78 is 1.98. The highest BCUT2D eigenvalue weighted by Gasteiger charge is 2.12. The Balaban J connectivity index is 2.60. The molecule has 1 aromatic heterocycles. The molecule has 2 N–H and O–H groups in total. The van der Waals surface area contributed by atoms with Gasteiger partial charge in [-0.25, -0.2) is 9.67 Å². The van der Waals surface area contributed by atoms with E-state index in [4.69, 9.17) is 5.73 Å². The Morgan fingerprint density at radius 2 is 2.00 bits per heavy atom. The highest BCUT2D eigenvalue weighted by Crippen LogP contribution is 2.13. The van der Waals surface area contributed by atoms with E-state index in [1.54, 1.807) is 6.33 Å². The Hall–Kier alpha value is -0.900. The van der Waals surface area contributed by atoms with E-state index < -0.39 is 0 Å². The first-order chi connectivity index (χ1) is 7.00. The minimum Gasteiger partial charge on any atom is -0.328 e. The van der Waals surface area contributed by atoms with Crippen LogP contribution < -0.4 is 5.73 Å². The lowest BCUT2D eigenvalue weighted by molar-refractivity contribution is 0.436. The largest absolute Gasteiger partial charge is 0.328 e. The summed E-state index contributed by atoms with van der Waals surface area (Å²) in [5, 5.41) is 4.22. The van der Waals surface area contributed by atoms with Crippen LogP contribution in [0, 0.1) is 5.92 Å². The standard InChI is InChI=1S/C11H22N4/c1-8(2)15-11(13-7-14-15)6-9(3)5-10(4)12/h7-10H,5-6,12H2,1-4H3. The van der Waals surface area contributed by atoms with Gasteiger partial charge in [0.05, 0.1) is 0 Å². The molecule has 1 aromatic rings. The maximum absolute atomic E-state index is 5.78. The van der Waals surface area contributed by atoms with Crippen LogP contribution in [-0.4, -0.2) is 20.8 Å². The SMILES string of the molecule is CC(N)CC(C)Cc1ncnn1C(C)C. The fourth-order valence-corrected chi connectivity index (χ4v) is 1.88. The van der Waals surface area contributed by atoms with Crippen LogP contribution in [0.15, 0.2) is 6.33 Å². The average molecular weight is 210 g/mol. The monoisotopic (exact) mass is 210 g/mol. The van der Waals surface area contributed by atoms with Gasteiger partial charge in [0.1, 0.15) is 12.2 Å². The number of aromatic nitrogens is 3. The summed E-state index contributed by atoms with van der Waals surface area (Å²) in [6.45, 7) is 8.50. The van der Waals surface area contributed by atoms with Crippen LogP contribution in [0.4, 0.5) is 0 Å². The minimum absolute atomic E-state index is 0.260. The van der Waals surface area contributed by atoms with Gasteiger partial charge in [-0.2, -0.15) is 5.10 Å². The van der Waals surface area contributed by atoms with Gasteiger partial charge in [0, 0.05) is 18.5 Å². The molecule has 0 spiro atoms. The van der Waals surface area contributed by atoms with Gasteiger partial charge in [-0.05, 0) is 33.1 Å². The summed E-state index contributed by atoms with van der Waals surface area (Å²) in [6.07, 6.45) is 3.62. The molecule has 0 bridgehead atoms. The van der Waals surface area contributed by atoms with E-state index in [0.717, 1.165) is 18.7 Å². The van der Waals surface area contributed by atoms with Crippen molar-refractivity contribution >= 4 is 0 Å². The molecule has 4 nitrogen and oxygen atoms in total. The highest BCUT2D eigenvalue weighted by molar-refractivity contribution is 4.88. The Morgan fingerprint density at radius 3 is 2.53 bits per heavy atom. The topological polar surface area (TPSA) is 56.7 Å². The van der Waals surface area contributed by atoms with Crippen LogP contribution in [0.5, 0.6) is 0 Å². The van der Waals surface area contributed by atoms with E-state index in [0.29, 0.717) is 12.0 Å². The molecule has 2 atom stereocenters. The number of hydrogen-bond acceptors (Lipinski definition) is 3. The summed E-state index contributed by atoms with van der Waals surface area (Å²) >= 11 is 0. The molecule has 0 aliphatic heterocycles. The zero-order chi connectivity index (χ0) is 11.4. The first-order valence-corrected chi connectivity index (χ1v) is 5.64. The van der Waals surface area contributed by atoms with Crippen LogP contribution in [0.3, 0.4) is 0 Å². The molecular formula is C11H22N4. The molecule has 0 aliphatic rings. The molecule has 1 rings (SSSR count). The van der Waals surface area contributed by atoms with Gasteiger partial charge in [0.25, 0.3) is 0 Å². The van der Waals surface area contributed by atoms with Crippen LogP contribution in [0.1, 0.15) is 46.0 Å². The molecule has 0 aromatic carbocycles. The minimum atomic E-state index is 0.260. The zero-order valence-electron chi connectivity index (χ0n) is 10.1. The van der Waals surface area contributed by atoms with Gasteiger partial charge in [-0.15, -0.1) is 0 Å². The molecule has 0 aliphatic carbocycles. The molecule has 1 heterocycles.